The third-order valence-electron chi connectivity index (χ3n) is 3.97. The van der Waals surface area contributed by atoms with Crippen LogP contribution in [0.25, 0.3) is 16.9 Å². The molecule has 0 fully saturated rings. The summed E-state index contributed by atoms with van der Waals surface area (Å²) in [5.41, 5.74) is 4.31. The molecule has 0 saturated carbocycles. The molecule has 0 aliphatic rings. The predicted octanol–water partition coefficient (Wildman–Crippen LogP) is 2.67. The number of benzene rings is 1. The molecule has 0 atom stereocenters. The third kappa shape index (κ3) is 3.27. The van der Waals surface area contributed by atoms with E-state index in [4.69, 9.17) is 5.11 Å². The summed E-state index contributed by atoms with van der Waals surface area (Å²) in [5, 5.41) is 23.0. The highest BCUT2D eigenvalue weighted by Gasteiger charge is 2.11. The zero-order valence-corrected chi connectivity index (χ0v) is 14.6. The number of carbonyl (C=O) groups is 1. The minimum Gasteiger partial charge on any atom is -0.465 e. The van der Waals surface area contributed by atoms with Crippen LogP contribution in [0.15, 0.2) is 43.0 Å². The van der Waals surface area contributed by atoms with Gasteiger partial charge in [-0.2, -0.15) is 10.1 Å². The van der Waals surface area contributed by atoms with E-state index in [9.17, 15) is 4.79 Å². The second-order valence-corrected chi connectivity index (χ2v) is 5.99. The van der Waals surface area contributed by atoms with Gasteiger partial charge in [-0.15, -0.1) is 5.10 Å². The summed E-state index contributed by atoms with van der Waals surface area (Å²) in [6.07, 6.45) is 5.85. The van der Waals surface area contributed by atoms with E-state index in [2.05, 4.69) is 30.8 Å². The number of nitrogens with zero attached hydrogens (tertiary/aromatic N) is 6. The summed E-state index contributed by atoms with van der Waals surface area (Å²) >= 11 is 0. The number of aromatic nitrogens is 6. The van der Waals surface area contributed by atoms with Gasteiger partial charge in [0.15, 0.2) is 5.65 Å². The van der Waals surface area contributed by atoms with Crippen molar-refractivity contribution in [3.05, 3.63) is 48.5 Å². The van der Waals surface area contributed by atoms with E-state index in [1.807, 2.05) is 26.2 Å². The highest BCUT2D eigenvalue weighted by molar-refractivity contribution is 5.84. The van der Waals surface area contributed by atoms with Gasteiger partial charge in [0.1, 0.15) is 0 Å². The Morgan fingerprint density at radius 3 is 2.78 bits per heavy atom. The van der Waals surface area contributed by atoms with E-state index in [-0.39, 0.29) is 0 Å². The lowest BCUT2D eigenvalue weighted by molar-refractivity contribution is 0.209. The first kappa shape index (κ1) is 16.5. The van der Waals surface area contributed by atoms with Crippen molar-refractivity contribution >= 4 is 29.1 Å². The fourth-order valence-corrected chi connectivity index (χ4v) is 2.74. The van der Waals surface area contributed by atoms with Gasteiger partial charge in [0.2, 0.25) is 5.95 Å². The van der Waals surface area contributed by atoms with Gasteiger partial charge in [-0.25, -0.2) is 9.31 Å². The second kappa shape index (κ2) is 6.41. The van der Waals surface area contributed by atoms with Crippen LogP contribution < -0.4 is 10.6 Å². The Bertz CT molecular complexity index is 1150. The zero-order valence-electron chi connectivity index (χ0n) is 14.6. The average Bonchev–Trinajstić information content (AvgIpc) is 3.22. The summed E-state index contributed by atoms with van der Waals surface area (Å²) in [4.78, 5) is 19.4. The summed E-state index contributed by atoms with van der Waals surface area (Å²) in [6, 6.07) is 5.26. The Labute approximate surface area is 153 Å². The van der Waals surface area contributed by atoms with Crippen molar-refractivity contribution in [2.24, 2.45) is 7.05 Å². The maximum absolute atomic E-state index is 10.8. The Kier molecular flexibility index (Phi) is 3.92. The van der Waals surface area contributed by atoms with Gasteiger partial charge in [0.25, 0.3) is 0 Å². The van der Waals surface area contributed by atoms with Crippen LogP contribution in [0, 0.1) is 6.92 Å². The maximum atomic E-state index is 10.8. The Morgan fingerprint density at radius 1 is 1.22 bits per heavy atom. The smallest absolute Gasteiger partial charge is 0.409 e. The molecular weight excluding hydrogens is 348 g/mol. The molecular formula is C17H16N8O2. The minimum absolute atomic E-state index is 0.409. The first-order chi connectivity index (χ1) is 13.0. The lowest BCUT2D eigenvalue weighted by Gasteiger charge is -2.08. The van der Waals surface area contributed by atoms with Crippen LogP contribution in [-0.2, 0) is 7.05 Å². The summed E-state index contributed by atoms with van der Waals surface area (Å²) in [5.74, 6) is 0.409. The van der Waals surface area contributed by atoms with Crippen molar-refractivity contribution in [1.82, 2.24) is 29.4 Å². The van der Waals surface area contributed by atoms with Crippen LogP contribution >= 0.6 is 0 Å². The van der Waals surface area contributed by atoms with Crippen LogP contribution in [0.1, 0.15) is 5.56 Å². The molecule has 4 rings (SSSR count). The number of aryl methyl sites for hydroxylation is 2. The molecule has 3 heterocycles. The Balaban J connectivity index is 1.65. The van der Waals surface area contributed by atoms with Gasteiger partial charge in [-0.1, -0.05) is 0 Å². The predicted molar refractivity (Wildman–Crippen MR) is 99.1 cm³/mol. The summed E-state index contributed by atoms with van der Waals surface area (Å²) in [7, 11) is 1.84. The molecule has 27 heavy (non-hydrogen) atoms. The van der Waals surface area contributed by atoms with Crippen LogP contribution in [0.2, 0.25) is 0 Å². The molecule has 3 N–H and O–H groups in total. The average molecular weight is 364 g/mol. The normalized spacial score (nSPS) is 10.9. The van der Waals surface area contributed by atoms with Crippen LogP contribution in [0.4, 0.5) is 22.1 Å². The largest absolute Gasteiger partial charge is 0.465 e. The molecule has 1 aromatic carbocycles. The molecule has 3 aromatic heterocycles. The number of rotatable bonds is 4. The molecule has 0 aliphatic heterocycles. The Hall–Kier alpha value is -3.95. The number of carboxylic acid groups (broad SMARTS) is 1. The SMILES string of the molecule is Cc1cc(Nc2nc3cncc(-c4cnn(C)c4)n3n2)ccc1NC(=O)O. The van der Waals surface area contributed by atoms with Crippen LogP contribution in [0.3, 0.4) is 0 Å². The first-order valence-corrected chi connectivity index (χ1v) is 8.07. The lowest BCUT2D eigenvalue weighted by Crippen LogP contribution is -2.08. The molecule has 10 nitrogen and oxygen atoms in total. The van der Waals surface area contributed by atoms with Crippen molar-refractivity contribution in [2.75, 3.05) is 10.6 Å². The van der Waals surface area contributed by atoms with E-state index >= 15 is 0 Å². The minimum atomic E-state index is -1.10. The quantitative estimate of drug-likeness (QED) is 0.509. The number of fused-ring (bicyclic) bond motifs is 1. The monoisotopic (exact) mass is 364 g/mol. The van der Waals surface area contributed by atoms with Gasteiger partial charge >= 0.3 is 6.09 Å². The number of hydrogen-bond acceptors (Lipinski definition) is 6. The summed E-state index contributed by atoms with van der Waals surface area (Å²) < 4.78 is 3.40. The zero-order chi connectivity index (χ0) is 19.0. The van der Waals surface area contributed by atoms with Gasteiger partial charge in [-0.3, -0.25) is 15.0 Å². The standard InChI is InChI=1S/C17H16N8O2/c1-10-5-12(3-4-13(10)21-17(26)27)20-16-22-15-8-18-7-14(25(15)23-16)11-6-19-24(2)9-11/h3-9,21H,1-2H3,(H,20,23)(H,26,27). The molecule has 0 radical (unpaired) electrons. The topological polar surface area (TPSA) is 122 Å². The Morgan fingerprint density at radius 2 is 2.07 bits per heavy atom. The highest BCUT2D eigenvalue weighted by Crippen LogP contribution is 2.23. The van der Waals surface area contributed by atoms with Crippen LogP contribution in [-0.4, -0.2) is 40.6 Å². The molecule has 136 valence electrons. The van der Waals surface area contributed by atoms with E-state index in [0.717, 1.165) is 22.5 Å². The maximum Gasteiger partial charge on any atom is 0.409 e. The highest BCUT2D eigenvalue weighted by atomic mass is 16.4. The number of nitrogens with one attached hydrogen (secondary N) is 2. The van der Waals surface area contributed by atoms with E-state index in [1.54, 1.807) is 39.9 Å². The number of amides is 1. The van der Waals surface area contributed by atoms with E-state index < -0.39 is 6.09 Å². The van der Waals surface area contributed by atoms with Crippen molar-refractivity contribution in [3.8, 4) is 11.3 Å². The van der Waals surface area contributed by atoms with E-state index in [0.29, 0.717) is 17.3 Å². The van der Waals surface area contributed by atoms with Crippen molar-refractivity contribution in [3.63, 3.8) is 0 Å². The number of hydrogen-bond donors (Lipinski definition) is 3. The molecule has 0 spiro atoms. The molecule has 0 aliphatic carbocycles. The van der Waals surface area contributed by atoms with Crippen molar-refractivity contribution in [2.45, 2.75) is 6.92 Å². The first-order valence-electron chi connectivity index (χ1n) is 8.07. The summed E-state index contributed by atoms with van der Waals surface area (Å²) in [6.45, 7) is 1.82. The molecule has 0 saturated heterocycles. The van der Waals surface area contributed by atoms with Gasteiger partial charge in [0, 0.05) is 30.2 Å². The van der Waals surface area contributed by atoms with Gasteiger partial charge in [-0.05, 0) is 30.7 Å². The van der Waals surface area contributed by atoms with Crippen molar-refractivity contribution in [1.29, 1.82) is 0 Å². The molecule has 4 aromatic rings. The van der Waals surface area contributed by atoms with Gasteiger partial charge < -0.3 is 10.4 Å². The number of anilines is 3. The lowest BCUT2D eigenvalue weighted by atomic mass is 10.2. The molecule has 1 amide bonds. The van der Waals surface area contributed by atoms with E-state index in [1.165, 1.54) is 0 Å². The van der Waals surface area contributed by atoms with Crippen molar-refractivity contribution < 1.29 is 9.90 Å². The molecule has 0 bridgehead atoms. The molecule has 0 unspecified atom stereocenters. The second-order valence-electron chi connectivity index (χ2n) is 5.99. The fourth-order valence-electron chi connectivity index (χ4n) is 2.74. The molecule has 10 heteroatoms. The van der Waals surface area contributed by atoms with Gasteiger partial charge in [0.05, 0.1) is 24.3 Å². The third-order valence-corrected chi connectivity index (χ3v) is 3.97. The van der Waals surface area contributed by atoms with Crippen LogP contribution in [0.5, 0.6) is 0 Å². The fraction of sp³-hybridized carbons (Fsp3) is 0.118.